The van der Waals surface area contributed by atoms with Gasteiger partial charge < -0.3 is 9.80 Å². The highest BCUT2D eigenvalue weighted by atomic mass is 35.5. The molecule has 6 heteroatoms. The van der Waals surface area contributed by atoms with Gasteiger partial charge in [0.1, 0.15) is 0 Å². The molecule has 1 aromatic heterocycles. The van der Waals surface area contributed by atoms with Gasteiger partial charge in [-0.1, -0.05) is 48.9 Å². The Kier molecular flexibility index (Phi) is 5.68. The van der Waals surface area contributed by atoms with Crippen molar-refractivity contribution in [1.29, 1.82) is 0 Å². The molecule has 2 heterocycles. The maximum Gasteiger partial charge on any atom is 0.227 e. The molecule has 0 aliphatic carbocycles. The van der Waals surface area contributed by atoms with Gasteiger partial charge in [-0.05, 0) is 26.5 Å². The number of piperazine rings is 1. The highest BCUT2D eigenvalue weighted by Crippen LogP contribution is 2.27. The molecule has 26 heavy (non-hydrogen) atoms. The van der Waals surface area contributed by atoms with Crippen molar-refractivity contribution in [2.45, 2.75) is 33.4 Å². The van der Waals surface area contributed by atoms with Gasteiger partial charge in [0, 0.05) is 19.6 Å². The van der Waals surface area contributed by atoms with Crippen LogP contribution in [0.25, 0.3) is 0 Å². The number of halogens is 1. The Balaban J connectivity index is 1.78. The summed E-state index contributed by atoms with van der Waals surface area (Å²) in [6.45, 7) is 8.87. The summed E-state index contributed by atoms with van der Waals surface area (Å²) in [6, 6.07) is 10.4. The van der Waals surface area contributed by atoms with E-state index in [1.807, 2.05) is 48.6 Å². The molecule has 0 saturated carbocycles. The smallest absolute Gasteiger partial charge is 0.227 e. The minimum Gasteiger partial charge on any atom is -0.333 e. The predicted molar refractivity (Wildman–Crippen MR) is 104 cm³/mol. The predicted octanol–water partition coefficient (Wildman–Crippen LogP) is 3.30. The molecule has 140 valence electrons. The molecule has 1 aromatic carbocycles. The van der Waals surface area contributed by atoms with Crippen molar-refractivity contribution in [3.8, 4) is 0 Å². The first-order valence-corrected chi connectivity index (χ1v) is 9.49. The maximum atomic E-state index is 13.2. The first kappa shape index (κ1) is 18.9. The average Bonchev–Trinajstić information content (AvgIpc) is 2.88. The van der Waals surface area contributed by atoms with E-state index in [0.717, 1.165) is 31.0 Å². The van der Waals surface area contributed by atoms with E-state index in [4.69, 9.17) is 11.6 Å². The molecular weight excluding hydrogens is 348 g/mol. The maximum absolute atomic E-state index is 13.2. The fraction of sp³-hybridized carbons (Fsp3) is 0.500. The minimum absolute atomic E-state index is 0.0916. The summed E-state index contributed by atoms with van der Waals surface area (Å²) < 4.78 is 1.85. The third kappa shape index (κ3) is 3.79. The summed E-state index contributed by atoms with van der Waals surface area (Å²) >= 11 is 6.25. The van der Waals surface area contributed by atoms with Gasteiger partial charge in [-0.2, -0.15) is 5.10 Å². The highest BCUT2D eigenvalue weighted by Gasteiger charge is 2.32. The zero-order valence-corrected chi connectivity index (χ0v) is 16.7. The molecular formula is C20H27ClN4O. The van der Waals surface area contributed by atoms with Gasteiger partial charge in [0.15, 0.2) is 0 Å². The lowest BCUT2D eigenvalue weighted by Gasteiger charge is -2.41. The molecule has 1 amide bonds. The summed E-state index contributed by atoms with van der Waals surface area (Å²) in [4.78, 5) is 17.5. The standard InChI is InChI=1S/C20H27ClN4O/c1-14(12-25-16(3)19(21)15(2)22-25)20(26)24-11-10-23(4)13-18(24)17-8-6-5-7-9-17/h5-9,14,18H,10-13H2,1-4H3/t14-,18+/m0/s1. The molecule has 3 rings (SSSR count). The van der Waals surface area contributed by atoms with Crippen molar-refractivity contribution < 1.29 is 4.79 Å². The number of hydrogen-bond acceptors (Lipinski definition) is 3. The average molecular weight is 375 g/mol. The number of amides is 1. The largest absolute Gasteiger partial charge is 0.333 e. The van der Waals surface area contributed by atoms with Crippen LogP contribution in [0.1, 0.15) is 29.9 Å². The lowest BCUT2D eigenvalue weighted by molar-refractivity contribution is -0.140. The Labute approximate surface area is 160 Å². The fourth-order valence-electron chi connectivity index (χ4n) is 3.62. The summed E-state index contributed by atoms with van der Waals surface area (Å²) in [5, 5.41) is 5.16. The number of hydrogen-bond donors (Lipinski definition) is 0. The molecule has 0 bridgehead atoms. The Hall–Kier alpha value is -1.85. The van der Waals surface area contributed by atoms with Crippen LogP contribution in [0, 0.1) is 19.8 Å². The Morgan fingerprint density at radius 2 is 1.96 bits per heavy atom. The molecule has 0 radical (unpaired) electrons. The molecule has 0 spiro atoms. The van der Waals surface area contributed by atoms with Crippen LogP contribution in [0.4, 0.5) is 0 Å². The molecule has 0 unspecified atom stereocenters. The number of rotatable bonds is 4. The van der Waals surface area contributed by atoms with E-state index in [9.17, 15) is 4.79 Å². The van der Waals surface area contributed by atoms with E-state index in [2.05, 4.69) is 29.2 Å². The summed E-state index contributed by atoms with van der Waals surface area (Å²) in [6.07, 6.45) is 0. The van der Waals surface area contributed by atoms with Gasteiger partial charge in [0.25, 0.3) is 0 Å². The second-order valence-electron chi connectivity index (χ2n) is 7.29. The van der Waals surface area contributed by atoms with Crippen molar-refractivity contribution in [3.63, 3.8) is 0 Å². The van der Waals surface area contributed by atoms with Gasteiger partial charge >= 0.3 is 0 Å². The minimum atomic E-state index is -0.154. The van der Waals surface area contributed by atoms with E-state index in [0.29, 0.717) is 11.6 Å². The third-order valence-electron chi connectivity index (χ3n) is 5.21. The van der Waals surface area contributed by atoms with Crippen LogP contribution in [0.3, 0.4) is 0 Å². The van der Waals surface area contributed by atoms with Gasteiger partial charge in [-0.3, -0.25) is 9.48 Å². The molecule has 1 aliphatic heterocycles. The van der Waals surface area contributed by atoms with Crippen molar-refractivity contribution in [3.05, 3.63) is 52.3 Å². The van der Waals surface area contributed by atoms with E-state index >= 15 is 0 Å². The first-order valence-electron chi connectivity index (χ1n) is 9.12. The monoisotopic (exact) mass is 374 g/mol. The fourth-order valence-corrected chi connectivity index (χ4v) is 3.75. The van der Waals surface area contributed by atoms with Crippen LogP contribution in [0.15, 0.2) is 30.3 Å². The number of nitrogens with zero attached hydrogens (tertiary/aromatic N) is 4. The van der Waals surface area contributed by atoms with Crippen molar-refractivity contribution in [1.82, 2.24) is 19.6 Å². The number of carbonyl (C=O) groups excluding carboxylic acids is 1. The van der Waals surface area contributed by atoms with Crippen LogP contribution in [-0.4, -0.2) is 52.2 Å². The zero-order valence-electron chi connectivity index (χ0n) is 15.9. The lowest BCUT2D eigenvalue weighted by Crippen LogP contribution is -2.51. The van der Waals surface area contributed by atoms with Crippen molar-refractivity contribution in [2.75, 3.05) is 26.7 Å². The van der Waals surface area contributed by atoms with Crippen LogP contribution < -0.4 is 0 Å². The number of aromatic nitrogens is 2. The van der Waals surface area contributed by atoms with Crippen molar-refractivity contribution >= 4 is 17.5 Å². The van der Waals surface area contributed by atoms with E-state index in [-0.39, 0.29) is 17.9 Å². The summed E-state index contributed by atoms with van der Waals surface area (Å²) in [7, 11) is 2.11. The van der Waals surface area contributed by atoms with Gasteiger partial charge in [0.05, 0.1) is 34.9 Å². The lowest BCUT2D eigenvalue weighted by atomic mass is 10.00. The summed E-state index contributed by atoms with van der Waals surface area (Å²) in [5.41, 5.74) is 2.92. The van der Waals surface area contributed by atoms with Crippen LogP contribution in [0.5, 0.6) is 0 Å². The first-order chi connectivity index (χ1) is 12.4. The van der Waals surface area contributed by atoms with E-state index < -0.39 is 0 Å². The normalized spacial score (nSPS) is 19.6. The Morgan fingerprint density at radius 3 is 2.58 bits per heavy atom. The quantitative estimate of drug-likeness (QED) is 0.824. The van der Waals surface area contributed by atoms with E-state index in [1.165, 1.54) is 5.56 Å². The molecule has 2 aromatic rings. The number of aryl methyl sites for hydroxylation is 1. The third-order valence-corrected chi connectivity index (χ3v) is 5.76. The topological polar surface area (TPSA) is 41.4 Å². The zero-order chi connectivity index (χ0) is 18.8. The molecule has 1 fully saturated rings. The second kappa shape index (κ2) is 7.80. The molecule has 0 N–H and O–H groups in total. The number of benzene rings is 1. The van der Waals surface area contributed by atoms with Crippen molar-refractivity contribution in [2.24, 2.45) is 5.92 Å². The molecule has 1 aliphatic rings. The van der Waals surface area contributed by atoms with Crippen LogP contribution in [-0.2, 0) is 11.3 Å². The van der Waals surface area contributed by atoms with Gasteiger partial charge in [-0.15, -0.1) is 0 Å². The highest BCUT2D eigenvalue weighted by molar-refractivity contribution is 6.31. The van der Waals surface area contributed by atoms with Crippen LogP contribution in [0.2, 0.25) is 5.02 Å². The molecule has 5 nitrogen and oxygen atoms in total. The van der Waals surface area contributed by atoms with Crippen LogP contribution >= 0.6 is 11.6 Å². The Bertz CT molecular complexity index is 774. The summed E-state index contributed by atoms with van der Waals surface area (Å²) in [5.74, 6) is 0.0225. The molecule has 2 atom stereocenters. The SMILES string of the molecule is Cc1nn(C[C@H](C)C(=O)N2CCN(C)C[C@@H]2c2ccccc2)c(C)c1Cl. The Morgan fingerprint density at radius 1 is 1.27 bits per heavy atom. The second-order valence-corrected chi connectivity index (χ2v) is 7.67. The van der Waals surface area contributed by atoms with Gasteiger partial charge in [-0.25, -0.2) is 0 Å². The van der Waals surface area contributed by atoms with Gasteiger partial charge in [0.2, 0.25) is 5.91 Å². The number of likely N-dealkylation sites (N-methyl/N-ethyl adjacent to an activating group) is 1. The van der Waals surface area contributed by atoms with E-state index in [1.54, 1.807) is 0 Å². The number of carbonyl (C=O) groups is 1. The molecule has 1 saturated heterocycles.